The number of aromatic nitrogens is 4. The number of nitrogens with zero attached hydrogens (tertiary/aromatic N) is 3. The summed E-state index contributed by atoms with van der Waals surface area (Å²) in [5, 5.41) is 11.6. The van der Waals surface area contributed by atoms with E-state index in [1.165, 1.54) is 0 Å². The lowest BCUT2D eigenvalue weighted by Gasteiger charge is -2.04. The molecule has 3 N–H and O–H groups in total. The van der Waals surface area contributed by atoms with Crippen molar-refractivity contribution in [1.29, 1.82) is 0 Å². The van der Waals surface area contributed by atoms with Crippen LogP contribution in [0.5, 0.6) is 0 Å². The Hall–Kier alpha value is -2.56. The van der Waals surface area contributed by atoms with Gasteiger partial charge in [-0.15, -0.1) is 0 Å². The summed E-state index contributed by atoms with van der Waals surface area (Å²) in [6, 6.07) is 11.8. The van der Waals surface area contributed by atoms with Crippen molar-refractivity contribution < 1.29 is 0 Å². The van der Waals surface area contributed by atoms with Crippen LogP contribution in [0, 0.1) is 0 Å². The third kappa shape index (κ3) is 2.07. The lowest BCUT2D eigenvalue weighted by Crippen LogP contribution is -2.02. The highest BCUT2D eigenvalue weighted by Crippen LogP contribution is 2.28. The molecule has 0 saturated heterocycles. The fourth-order valence-electron chi connectivity index (χ4n) is 2.33. The summed E-state index contributed by atoms with van der Waals surface area (Å²) in [6.45, 7) is 2.13. The van der Waals surface area contributed by atoms with Crippen LogP contribution < -0.4 is 5.73 Å². The number of nitrogens with two attached hydrogens (primary N) is 1. The number of anilines is 1. The first kappa shape index (κ1) is 12.5. The summed E-state index contributed by atoms with van der Waals surface area (Å²) >= 11 is 0. The second-order valence-corrected chi connectivity index (χ2v) is 4.68. The van der Waals surface area contributed by atoms with Crippen LogP contribution in [0.25, 0.3) is 17.1 Å². The summed E-state index contributed by atoms with van der Waals surface area (Å²) in [7, 11) is 0. The van der Waals surface area contributed by atoms with Crippen LogP contribution in [0.2, 0.25) is 0 Å². The largest absolute Gasteiger partial charge is 0.383 e. The Balaban J connectivity index is 2.16. The van der Waals surface area contributed by atoms with Crippen LogP contribution in [0.1, 0.15) is 18.9 Å². The Morgan fingerprint density at radius 2 is 2.00 bits per heavy atom. The molecule has 3 rings (SSSR count). The quantitative estimate of drug-likeness (QED) is 0.763. The van der Waals surface area contributed by atoms with Gasteiger partial charge in [0, 0.05) is 11.8 Å². The molecule has 102 valence electrons. The zero-order valence-corrected chi connectivity index (χ0v) is 11.4. The van der Waals surface area contributed by atoms with Gasteiger partial charge in [0.05, 0.1) is 11.4 Å². The smallest absolute Gasteiger partial charge is 0.131 e. The molecule has 0 amide bonds. The van der Waals surface area contributed by atoms with Crippen molar-refractivity contribution in [1.82, 2.24) is 20.0 Å². The summed E-state index contributed by atoms with van der Waals surface area (Å²) in [5.74, 6) is 0.697. The van der Waals surface area contributed by atoms with Crippen molar-refractivity contribution in [2.45, 2.75) is 19.8 Å². The van der Waals surface area contributed by atoms with Crippen LogP contribution in [0.15, 0.2) is 42.6 Å². The van der Waals surface area contributed by atoms with E-state index in [2.05, 4.69) is 22.2 Å². The lowest BCUT2D eigenvalue weighted by atomic mass is 10.1. The maximum absolute atomic E-state index is 6.29. The van der Waals surface area contributed by atoms with Crippen molar-refractivity contribution >= 4 is 5.82 Å². The third-order valence-electron chi connectivity index (χ3n) is 3.28. The fraction of sp³-hybridized carbons (Fsp3) is 0.200. The summed E-state index contributed by atoms with van der Waals surface area (Å²) < 4.78 is 1.79. The van der Waals surface area contributed by atoms with Crippen molar-refractivity contribution in [3.05, 3.63) is 48.2 Å². The van der Waals surface area contributed by atoms with E-state index in [4.69, 9.17) is 5.73 Å². The summed E-state index contributed by atoms with van der Waals surface area (Å²) in [5.41, 5.74) is 10.1. The number of aromatic amines is 1. The van der Waals surface area contributed by atoms with Crippen molar-refractivity contribution in [3.8, 4) is 17.1 Å². The van der Waals surface area contributed by atoms with Crippen molar-refractivity contribution in [2.24, 2.45) is 0 Å². The van der Waals surface area contributed by atoms with Gasteiger partial charge in [0.1, 0.15) is 11.5 Å². The summed E-state index contributed by atoms with van der Waals surface area (Å²) in [6.07, 6.45) is 3.64. The maximum Gasteiger partial charge on any atom is 0.131 e. The topological polar surface area (TPSA) is 72.5 Å². The van der Waals surface area contributed by atoms with Crippen molar-refractivity contribution in [3.63, 3.8) is 0 Å². The molecule has 5 heteroatoms. The molecule has 0 spiro atoms. The number of para-hydroxylation sites is 1. The van der Waals surface area contributed by atoms with Crippen molar-refractivity contribution in [2.75, 3.05) is 5.73 Å². The minimum absolute atomic E-state index is 0.697. The molecule has 1 aromatic carbocycles. The molecule has 2 heterocycles. The minimum Gasteiger partial charge on any atom is -0.383 e. The van der Waals surface area contributed by atoms with E-state index in [1.54, 1.807) is 10.9 Å². The summed E-state index contributed by atoms with van der Waals surface area (Å²) in [4.78, 5) is 0. The van der Waals surface area contributed by atoms with E-state index >= 15 is 0 Å². The number of hydrogen-bond donors (Lipinski definition) is 2. The number of H-pyrrole nitrogens is 1. The van der Waals surface area contributed by atoms with Crippen LogP contribution in [0.4, 0.5) is 5.82 Å². The molecule has 0 unspecified atom stereocenters. The monoisotopic (exact) mass is 267 g/mol. The van der Waals surface area contributed by atoms with Gasteiger partial charge in [-0.3, -0.25) is 5.10 Å². The second kappa shape index (κ2) is 5.21. The van der Waals surface area contributed by atoms with Gasteiger partial charge in [0.2, 0.25) is 0 Å². The normalized spacial score (nSPS) is 10.8. The van der Waals surface area contributed by atoms with E-state index in [9.17, 15) is 0 Å². The molecule has 0 aliphatic carbocycles. The molecule has 5 nitrogen and oxygen atoms in total. The molecular weight excluding hydrogens is 250 g/mol. The molecule has 20 heavy (non-hydrogen) atoms. The van der Waals surface area contributed by atoms with Gasteiger partial charge in [0.15, 0.2) is 0 Å². The zero-order chi connectivity index (χ0) is 13.9. The van der Waals surface area contributed by atoms with Crippen LogP contribution in [-0.2, 0) is 6.42 Å². The van der Waals surface area contributed by atoms with Gasteiger partial charge in [-0.2, -0.15) is 10.2 Å². The second-order valence-electron chi connectivity index (χ2n) is 4.68. The highest BCUT2D eigenvalue weighted by molar-refractivity contribution is 5.66. The molecular formula is C15H17N5. The molecule has 0 radical (unpaired) electrons. The third-order valence-corrected chi connectivity index (χ3v) is 3.28. The predicted octanol–water partition coefficient (Wildman–Crippen LogP) is 2.80. The Labute approximate surface area is 117 Å². The number of benzene rings is 1. The van der Waals surface area contributed by atoms with Gasteiger partial charge in [-0.05, 0) is 24.6 Å². The number of nitrogens with one attached hydrogen (secondary N) is 1. The zero-order valence-electron chi connectivity index (χ0n) is 11.4. The van der Waals surface area contributed by atoms with Gasteiger partial charge in [-0.1, -0.05) is 31.5 Å². The predicted molar refractivity (Wildman–Crippen MR) is 79.6 cm³/mol. The minimum atomic E-state index is 0.697. The molecule has 0 fully saturated rings. The van der Waals surface area contributed by atoms with Gasteiger partial charge in [0.25, 0.3) is 0 Å². The Kier molecular flexibility index (Phi) is 3.25. The van der Waals surface area contributed by atoms with E-state index in [0.29, 0.717) is 5.82 Å². The lowest BCUT2D eigenvalue weighted by molar-refractivity contribution is 0.890. The van der Waals surface area contributed by atoms with Gasteiger partial charge >= 0.3 is 0 Å². The molecule has 0 atom stereocenters. The van der Waals surface area contributed by atoms with Crippen LogP contribution >= 0.6 is 0 Å². The molecule has 0 aliphatic heterocycles. The van der Waals surface area contributed by atoms with E-state index in [-0.39, 0.29) is 0 Å². The Bertz CT molecular complexity index is 683. The van der Waals surface area contributed by atoms with E-state index < -0.39 is 0 Å². The highest BCUT2D eigenvalue weighted by atomic mass is 15.3. The molecule has 0 bridgehead atoms. The van der Waals surface area contributed by atoms with E-state index in [1.807, 2.05) is 36.4 Å². The maximum atomic E-state index is 6.29. The number of nitrogen functional groups attached to an aromatic ring is 1. The van der Waals surface area contributed by atoms with Crippen LogP contribution in [-0.4, -0.2) is 20.0 Å². The molecule has 3 aromatic rings. The van der Waals surface area contributed by atoms with Gasteiger partial charge in [-0.25, -0.2) is 4.68 Å². The van der Waals surface area contributed by atoms with Crippen LogP contribution in [0.3, 0.4) is 0 Å². The number of rotatable bonds is 4. The standard InChI is InChI=1S/C15H17N5/c1-2-6-12-14(13-9-10-17-18-13)19-20(15(12)16)11-7-4-3-5-8-11/h3-5,7-10H,2,6,16H2,1H3,(H,17,18). The average molecular weight is 267 g/mol. The van der Waals surface area contributed by atoms with Gasteiger partial charge < -0.3 is 5.73 Å². The first-order valence-corrected chi connectivity index (χ1v) is 6.73. The molecule has 0 aliphatic rings. The number of hydrogen-bond acceptors (Lipinski definition) is 3. The first-order valence-electron chi connectivity index (χ1n) is 6.73. The van der Waals surface area contributed by atoms with E-state index in [0.717, 1.165) is 35.5 Å². The highest BCUT2D eigenvalue weighted by Gasteiger charge is 2.17. The Morgan fingerprint density at radius 1 is 1.20 bits per heavy atom. The molecule has 2 aromatic heterocycles. The Morgan fingerprint density at radius 3 is 2.65 bits per heavy atom. The SMILES string of the molecule is CCCc1c(-c2ccn[nH]2)nn(-c2ccccc2)c1N. The molecule has 0 saturated carbocycles. The fourth-order valence-corrected chi connectivity index (χ4v) is 2.33. The first-order chi connectivity index (χ1) is 9.81. The average Bonchev–Trinajstić information content (AvgIpc) is 3.10.